The molecule has 0 saturated heterocycles. The van der Waals surface area contributed by atoms with Crippen molar-refractivity contribution < 1.29 is 10.2 Å². The number of para-hydroxylation sites is 2. The molecule has 0 aliphatic heterocycles. The molecule has 0 aliphatic rings. The Morgan fingerprint density at radius 1 is 0.882 bits per heavy atom. The average molecular weight is 232 g/mol. The molecule has 2 aromatic carbocycles. The topological polar surface area (TPSA) is 92.5 Å². The number of nitrogen functional groups attached to an aromatic ring is 2. The molecule has 0 radical (unpaired) electrons. The van der Waals surface area contributed by atoms with Crippen molar-refractivity contribution in [1.82, 2.24) is 0 Å². The average Bonchev–Trinajstić information content (AvgIpc) is 2.29. The van der Waals surface area contributed by atoms with Crippen LogP contribution in [0.25, 0.3) is 0 Å². The highest BCUT2D eigenvalue weighted by Crippen LogP contribution is 2.17. The number of anilines is 2. The number of aromatic hydroxyl groups is 2. The van der Waals surface area contributed by atoms with Crippen molar-refractivity contribution in [2.45, 2.75) is 6.92 Å². The molecule has 17 heavy (non-hydrogen) atoms. The highest BCUT2D eigenvalue weighted by molar-refractivity contribution is 5.50. The van der Waals surface area contributed by atoms with E-state index >= 15 is 0 Å². The summed E-state index contributed by atoms with van der Waals surface area (Å²) in [4.78, 5) is 0. The Morgan fingerprint density at radius 2 is 1.53 bits per heavy atom. The molecular weight excluding hydrogens is 216 g/mol. The quantitative estimate of drug-likeness (QED) is 0.318. The lowest BCUT2D eigenvalue weighted by molar-refractivity contribution is 0.471. The second-order valence-electron chi connectivity index (χ2n) is 3.60. The predicted molar refractivity (Wildman–Crippen MR) is 69.8 cm³/mol. The Bertz CT molecular complexity index is 478. The molecule has 0 aliphatic carbocycles. The number of aryl methyl sites for hydroxylation is 1. The molecule has 0 heterocycles. The van der Waals surface area contributed by atoms with Crippen LogP contribution in [0.15, 0.2) is 42.5 Å². The van der Waals surface area contributed by atoms with E-state index in [-0.39, 0.29) is 5.75 Å². The number of nitrogens with two attached hydrogens (primary N) is 2. The second-order valence-corrected chi connectivity index (χ2v) is 3.60. The van der Waals surface area contributed by atoms with Gasteiger partial charge in [-0.3, -0.25) is 0 Å². The fourth-order valence-corrected chi connectivity index (χ4v) is 1.17. The molecule has 2 aromatic rings. The van der Waals surface area contributed by atoms with Crippen molar-refractivity contribution in [3.8, 4) is 11.5 Å². The molecular formula is C13H16N2O2. The zero-order chi connectivity index (χ0) is 12.8. The van der Waals surface area contributed by atoms with Crippen molar-refractivity contribution in [2.75, 3.05) is 11.5 Å². The van der Waals surface area contributed by atoms with Gasteiger partial charge in [0, 0.05) is 5.69 Å². The highest BCUT2D eigenvalue weighted by atomic mass is 16.3. The van der Waals surface area contributed by atoms with Gasteiger partial charge in [-0.2, -0.15) is 0 Å². The van der Waals surface area contributed by atoms with Crippen molar-refractivity contribution in [3.05, 3.63) is 48.0 Å². The molecule has 2 rings (SSSR count). The second kappa shape index (κ2) is 5.65. The fraction of sp³-hybridized carbons (Fsp3) is 0.0769. The van der Waals surface area contributed by atoms with Gasteiger partial charge >= 0.3 is 0 Å². The maximum absolute atomic E-state index is 8.99. The van der Waals surface area contributed by atoms with E-state index < -0.39 is 0 Å². The van der Waals surface area contributed by atoms with Gasteiger partial charge in [-0.05, 0) is 42.8 Å². The lowest BCUT2D eigenvalue weighted by atomic mass is 10.2. The molecule has 4 nitrogen and oxygen atoms in total. The molecule has 0 fully saturated rings. The van der Waals surface area contributed by atoms with Gasteiger partial charge in [-0.1, -0.05) is 12.1 Å². The van der Waals surface area contributed by atoms with Gasteiger partial charge in [-0.15, -0.1) is 0 Å². The first kappa shape index (κ1) is 12.7. The first-order chi connectivity index (χ1) is 8.00. The van der Waals surface area contributed by atoms with Gasteiger partial charge in [0.25, 0.3) is 0 Å². The first-order valence-electron chi connectivity index (χ1n) is 5.09. The van der Waals surface area contributed by atoms with Crippen LogP contribution in [0, 0.1) is 6.92 Å². The number of benzene rings is 2. The van der Waals surface area contributed by atoms with Gasteiger partial charge in [0.05, 0.1) is 5.69 Å². The molecule has 0 unspecified atom stereocenters. The Hall–Kier alpha value is -2.36. The van der Waals surface area contributed by atoms with Crippen molar-refractivity contribution >= 4 is 11.4 Å². The van der Waals surface area contributed by atoms with E-state index in [4.69, 9.17) is 21.7 Å². The van der Waals surface area contributed by atoms with Crippen LogP contribution in [0.1, 0.15) is 5.56 Å². The van der Waals surface area contributed by atoms with Crippen LogP contribution in [0.2, 0.25) is 0 Å². The monoisotopic (exact) mass is 232 g/mol. The van der Waals surface area contributed by atoms with E-state index in [1.807, 2.05) is 6.92 Å². The highest BCUT2D eigenvalue weighted by Gasteiger charge is 1.92. The summed E-state index contributed by atoms with van der Waals surface area (Å²) in [6.07, 6.45) is 0. The summed E-state index contributed by atoms with van der Waals surface area (Å²) in [7, 11) is 0. The predicted octanol–water partition coefficient (Wildman–Crippen LogP) is 2.26. The molecule has 0 aromatic heterocycles. The summed E-state index contributed by atoms with van der Waals surface area (Å²) in [5.41, 5.74) is 12.6. The third-order valence-electron chi connectivity index (χ3n) is 2.16. The fourth-order valence-electron chi connectivity index (χ4n) is 1.17. The third-order valence-corrected chi connectivity index (χ3v) is 2.16. The molecule has 0 saturated carbocycles. The van der Waals surface area contributed by atoms with Gasteiger partial charge in [0.1, 0.15) is 11.5 Å². The van der Waals surface area contributed by atoms with E-state index in [9.17, 15) is 0 Å². The van der Waals surface area contributed by atoms with Crippen LogP contribution >= 0.6 is 0 Å². The molecule has 0 spiro atoms. The van der Waals surface area contributed by atoms with Gasteiger partial charge in [-0.25, -0.2) is 0 Å². The number of hydrogen-bond acceptors (Lipinski definition) is 4. The van der Waals surface area contributed by atoms with Crippen LogP contribution in [0.4, 0.5) is 11.4 Å². The Kier molecular flexibility index (Phi) is 4.22. The smallest absolute Gasteiger partial charge is 0.138 e. The first-order valence-corrected chi connectivity index (χ1v) is 5.09. The summed E-state index contributed by atoms with van der Waals surface area (Å²) in [6, 6.07) is 11.7. The minimum Gasteiger partial charge on any atom is -0.508 e. The molecule has 4 heteroatoms. The third kappa shape index (κ3) is 3.95. The largest absolute Gasteiger partial charge is 0.508 e. The number of phenolic OH excluding ortho intramolecular Hbond substituents is 2. The number of rotatable bonds is 0. The molecule has 90 valence electrons. The van der Waals surface area contributed by atoms with Crippen molar-refractivity contribution in [3.63, 3.8) is 0 Å². The van der Waals surface area contributed by atoms with E-state index in [0.29, 0.717) is 17.1 Å². The van der Waals surface area contributed by atoms with Crippen LogP contribution in [0.5, 0.6) is 11.5 Å². The number of hydrogen-bond donors (Lipinski definition) is 4. The standard InChI is InChI=1S/C7H9NO.C6H7NO/c1-5-4-6(8)2-3-7(5)9;7-5-3-1-2-4-6(5)8/h2-4,9H,8H2,1H3;1-4,8H,7H2. The molecule has 0 amide bonds. The summed E-state index contributed by atoms with van der Waals surface area (Å²) < 4.78 is 0. The maximum Gasteiger partial charge on any atom is 0.138 e. The lowest BCUT2D eigenvalue weighted by Gasteiger charge is -1.97. The van der Waals surface area contributed by atoms with Crippen molar-refractivity contribution in [2.24, 2.45) is 0 Å². The minimum absolute atomic E-state index is 0.146. The molecule has 0 atom stereocenters. The van der Waals surface area contributed by atoms with E-state index in [1.54, 1.807) is 42.5 Å². The van der Waals surface area contributed by atoms with E-state index in [1.165, 1.54) is 0 Å². The minimum atomic E-state index is 0.146. The Morgan fingerprint density at radius 3 is 1.94 bits per heavy atom. The van der Waals surface area contributed by atoms with E-state index in [2.05, 4.69) is 0 Å². The van der Waals surface area contributed by atoms with Crippen LogP contribution in [0.3, 0.4) is 0 Å². The molecule has 0 bridgehead atoms. The van der Waals surface area contributed by atoms with Crippen LogP contribution in [-0.2, 0) is 0 Å². The van der Waals surface area contributed by atoms with Gasteiger partial charge in [0.2, 0.25) is 0 Å². The summed E-state index contributed by atoms with van der Waals surface area (Å²) in [5, 5.41) is 17.8. The number of phenols is 2. The normalized spacial score (nSPS) is 9.24. The Balaban J connectivity index is 0.000000171. The summed E-state index contributed by atoms with van der Waals surface area (Å²) in [6.45, 7) is 1.81. The SMILES string of the molecule is Cc1cc(N)ccc1O.Nc1ccccc1O. The van der Waals surface area contributed by atoms with Crippen molar-refractivity contribution in [1.29, 1.82) is 0 Å². The lowest BCUT2D eigenvalue weighted by Crippen LogP contribution is -1.84. The summed E-state index contributed by atoms with van der Waals surface area (Å²) in [5.74, 6) is 0.441. The van der Waals surface area contributed by atoms with Gasteiger partial charge in [0.15, 0.2) is 0 Å². The van der Waals surface area contributed by atoms with Crippen LogP contribution < -0.4 is 11.5 Å². The molecule has 6 N–H and O–H groups in total. The van der Waals surface area contributed by atoms with E-state index in [0.717, 1.165) is 5.56 Å². The zero-order valence-corrected chi connectivity index (χ0v) is 9.59. The maximum atomic E-state index is 8.99. The van der Waals surface area contributed by atoms with Gasteiger partial charge < -0.3 is 21.7 Å². The zero-order valence-electron chi connectivity index (χ0n) is 9.59. The summed E-state index contributed by atoms with van der Waals surface area (Å²) >= 11 is 0. The Labute approximate surface area is 100 Å². The van der Waals surface area contributed by atoms with Crippen LogP contribution in [-0.4, -0.2) is 10.2 Å².